The molecule has 1 aliphatic carbocycles. The molecule has 1 fully saturated rings. The molecule has 0 bridgehead atoms. The first-order valence-corrected chi connectivity index (χ1v) is 5.76. The quantitative estimate of drug-likeness (QED) is 0.474. The van der Waals surface area contributed by atoms with Crippen LogP contribution in [-0.2, 0) is 0 Å². The Morgan fingerprint density at radius 3 is 2.88 bits per heavy atom. The van der Waals surface area contributed by atoms with Crippen molar-refractivity contribution in [2.24, 2.45) is 5.41 Å². The second-order valence-electron chi connectivity index (χ2n) is 4.71. The number of aromatic nitrogens is 1. The van der Waals surface area contributed by atoms with Crippen molar-refractivity contribution in [3.05, 3.63) is 28.4 Å². The van der Waals surface area contributed by atoms with Gasteiger partial charge in [0.15, 0.2) is 0 Å². The molecule has 0 spiro atoms. The zero-order chi connectivity index (χ0) is 12.6. The molecule has 0 amide bonds. The Bertz CT molecular complexity index is 450. The summed E-state index contributed by atoms with van der Waals surface area (Å²) in [5.74, 6) is -0.0412. The molecule has 6 heteroatoms. The fourth-order valence-electron chi connectivity index (χ4n) is 1.80. The first-order chi connectivity index (χ1) is 7.93. The minimum absolute atomic E-state index is 0.0447. The Kier molecular flexibility index (Phi) is 2.95. The topological polar surface area (TPSA) is 65.3 Å². The zero-order valence-corrected chi connectivity index (χ0v) is 10.3. The highest BCUT2D eigenvalue weighted by Gasteiger charge is 2.49. The van der Waals surface area contributed by atoms with Crippen LogP contribution < -0.4 is 4.74 Å². The van der Waals surface area contributed by atoms with Gasteiger partial charge in [-0.3, -0.25) is 0 Å². The van der Waals surface area contributed by atoms with E-state index < -0.39 is 4.92 Å². The van der Waals surface area contributed by atoms with Crippen molar-refractivity contribution in [3.63, 3.8) is 0 Å². The summed E-state index contributed by atoms with van der Waals surface area (Å²) in [5.41, 5.74) is -0.175. The molecule has 1 aromatic rings. The zero-order valence-electron chi connectivity index (χ0n) is 9.59. The summed E-state index contributed by atoms with van der Waals surface area (Å²) in [6.07, 6.45) is 1.97. The fraction of sp³-hybridized carbons (Fsp3) is 0.545. The number of halogens is 1. The summed E-state index contributed by atoms with van der Waals surface area (Å²) in [7, 11) is 0. The van der Waals surface area contributed by atoms with Crippen LogP contribution >= 0.6 is 11.6 Å². The summed E-state index contributed by atoms with van der Waals surface area (Å²) in [5, 5.41) is 10.8. The molecule has 2 unspecified atom stereocenters. The van der Waals surface area contributed by atoms with Crippen LogP contribution in [0.2, 0.25) is 0 Å². The fourth-order valence-corrected chi connectivity index (χ4v) is 2.10. The molecule has 0 saturated heterocycles. The van der Waals surface area contributed by atoms with E-state index in [1.807, 2.05) is 13.8 Å². The van der Waals surface area contributed by atoms with E-state index in [0.29, 0.717) is 6.42 Å². The summed E-state index contributed by atoms with van der Waals surface area (Å²) >= 11 is 6.07. The van der Waals surface area contributed by atoms with Crippen molar-refractivity contribution in [1.29, 1.82) is 0 Å². The lowest BCUT2D eigenvalue weighted by Gasteiger charge is -2.48. The molecule has 0 radical (unpaired) electrons. The third kappa shape index (κ3) is 2.07. The Labute approximate surface area is 104 Å². The maximum atomic E-state index is 10.8. The minimum atomic E-state index is -0.542. The van der Waals surface area contributed by atoms with Gasteiger partial charge >= 0.3 is 5.82 Å². The number of alkyl halides is 1. The lowest BCUT2D eigenvalue weighted by molar-refractivity contribution is -0.391. The van der Waals surface area contributed by atoms with Crippen LogP contribution in [0.4, 0.5) is 5.82 Å². The van der Waals surface area contributed by atoms with Crippen molar-refractivity contribution in [2.45, 2.75) is 31.7 Å². The van der Waals surface area contributed by atoms with Gasteiger partial charge in [0.05, 0.1) is 0 Å². The average Bonchev–Trinajstić information content (AvgIpc) is 2.29. The molecule has 1 aromatic heterocycles. The van der Waals surface area contributed by atoms with Gasteiger partial charge in [-0.25, -0.2) is 0 Å². The number of rotatable bonds is 3. The second kappa shape index (κ2) is 4.14. The van der Waals surface area contributed by atoms with Gasteiger partial charge < -0.3 is 14.9 Å². The molecule has 2 rings (SSSR count). The van der Waals surface area contributed by atoms with Gasteiger partial charge in [-0.05, 0) is 22.0 Å². The average molecular weight is 257 g/mol. The Balaban J connectivity index is 2.18. The van der Waals surface area contributed by atoms with E-state index in [4.69, 9.17) is 16.3 Å². The smallest absolute Gasteiger partial charge is 0.406 e. The van der Waals surface area contributed by atoms with E-state index in [9.17, 15) is 10.1 Å². The van der Waals surface area contributed by atoms with Crippen molar-refractivity contribution in [3.8, 4) is 5.75 Å². The van der Waals surface area contributed by atoms with Gasteiger partial charge in [0.25, 0.3) is 0 Å². The minimum Gasteiger partial charge on any atom is -0.482 e. The molecule has 92 valence electrons. The molecule has 0 aromatic carbocycles. The van der Waals surface area contributed by atoms with E-state index in [2.05, 4.69) is 4.98 Å². The summed E-state index contributed by atoms with van der Waals surface area (Å²) < 4.78 is 5.64. The highest BCUT2D eigenvalue weighted by atomic mass is 35.5. The number of nitrogens with zero attached hydrogens (tertiary/aromatic N) is 2. The molecule has 17 heavy (non-hydrogen) atoms. The van der Waals surface area contributed by atoms with Crippen molar-refractivity contribution in [2.75, 3.05) is 0 Å². The lowest BCUT2D eigenvalue weighted by Crippen LogP contribution is -2.53. The SMILES string of the molecule is CC1(C)C(Cl)CC1Oc1cccnc1[N+](=O)[O-]. The number of hydrogen-bond acceptors (Lipinski definition) is 4. The monoisotopic (exact) mass is 256 g/mol. The number of ether oxygens (including phenoxy) is 1. The van der Waals surface area contributed by atoms with E-state index in [0.717, 1.165) is 0 Å². The van der Waals surface area contributed by atoms with Crippen LogP contribution in [0.3, 0.4) is 0 Å². The second-order valence-corrected chi connectivity index (χ2v) is 5.24. The van der Waals surface area contributed by atoms with Crippen molar-refractivity contribution < 1.29 is 9.66 Å². The highest BCUT2D eigenvalue weighted by molar-refractivity contribution is 6.21. The van der Waals surface area contributed by atoms with Gasteiger partial charge in [-0.2, -0.15) is 0 Å². The first-order valence-electron chi connectivity index (χ1n) is 5.33. The third-order valence-corrected chi connectivity index (χ3v) is 3.99. The van der Waals surface area contributed by atoms with E-state index in [1.54, 1.807) is 12.1 Å². The van der Waals surface area contributed by atoms with E-state index >= 15 is 0 Å². The molecule has 5 nitrogen and oxygen atoms in total. The Morgan fingerprint density at radius 1 is 1.65 bits per heavy atom. The molecule has 2 atom stereocenters. The lowest BCUT2D eigenvalue weighted by atomic mass is 9.68. The molecule has 1 heterocycles. The van der Waals surface area contributed by atoms with Crippen LogP contribution in [0.1, 0.15) is 20.3 Å². The standard InChI is InChI=1S/C11H13ClN2O3/c1-11(2)8(12)6-9(11)17-7-4-3-5-13-10(7)14(15)16/h3-5,8-9H,6H2,1-2H3. The van der Waals surface area contributed by atoms with Crippen LogP contribution in [0.25, 0.3) is 0 Å². The Morgan fingerprint density at radius 2 is 2.35 bits per heavy atom. The maximum absolute atomic E-state index is 10.8. The third-order valence-electron chi connectivity index (χ3n) is 3.25. The number of pyridine rings is 1. The maximum Gasteiger partial charge on any atom is 0.406 e. The summed E-state index contributed by atoms with van der Waals surface area (Å²) in [4.78, 5) is 13.9. The largest absolute Gasteiger partial charge is 0.482 e. The number of nitro groups is 1. The highest BCUT2D eigenvalue weighted by Crippen LogP contribution is 2.47. The predicted octanol–water partition coefficient (Wildman–Crippen LogP) is 2.77. The van der Waals surface area contributed by atoms with Gasteiger partial charge in [-0.15, -0.1) is 11.6 Å². The van der Waals surface area contributed by atoms with Crippen LogP contribution in [0, 0.1) is 15.5 Å². The molecule has 0 aliphatic heterocycles. The van der Waals surface area contributed by atoms with Gasteiger partial charge in [0.2, 0.25) is 5.75 Å². The number of hydrogen-bond donors (Lipinski definition) is 0. The van der Waals surface area contributed by atoms with Crippen LogP contribution in [-0.4, -0.2) is 21.4 Å². The van der Waals surface area contributed by atoms with Gasteiger partial charge in [-0.1, -0.05) is 13.8 Å². The Hall–Kier alpha value is -1.36. The molecule has 0 N–H and O–H groups in total. The van der Waals surface area contributed by atoms with Crippen molar-refractivity contribution >= 4 is 17.4 Å². The van der Waals surface area contributed by atoms with E-state index in [-0.39, 0.29) is 28.5 Å². The van der Waals surface area contributed by atoms with Crippen LogP contribution in [0.5, 0.6) is 5.75 Å². The first kappa shape index (κ1) is 12.1. The normalized spacial score (nSPS) is 26.1. The van der Waals surface area contributed by atoms with Gasteiger partial charge in [0, 0.05) is 17.2 Å². The van der Waals surface area contributed by atoms with Gasteiger partial charge in [0.1, 0.15) is 12.3 Å². The molecule has 1 saturated carbocycles. The predicted molar refractivity (Wildman–Crippen MR) is 63.3 cm³/mol. The summed E-state index contributed by atoms with van der Waals surface area (Å²) in [6.45, 7) is 3.97. The molecule has 1 aliphatic rings. The summed E-state index contributed by atoms with van der Waals surface area (Å²) in [6, 6.07) is 3.18. The molecular formula is C11H13ClN2O3. The van der Waals surface area contributed by atoms with Crippen LogP contribution in [0.15, 0.2) is 18.3 Å². The molecular weight excluding hydrogens is 244 g/mol. The van der Waals surface area contributed by atoms with Crippen molar-refractivity contribution in [1.82, 2.24) is 4.98 Å². The van der Waals surface area contributed by atoms with E-state index in [1.165, 1.54) is 6.20 Å².